The summed E-state index contributed by atoms with van der Waals surface area (Å²) in [6.07, 6.45) is 2.84. The highest BCUT2D eigenvalue weighted by molar-refractivity contribution is 5.48. The molecule has 0 N–H and O–H groups in total. The maximum Gasteiger partial charge on any atom is 0.254 e. The maximum atomic E-state index is 5.85. The van der Waals surface area contributed by atoms with Gasteiger partial charge in [-0.05, 0) is 13.3 Å². The van der Waals surface area contributed by atoms with E-state index in [-0.39, 0.29) is 5.41 Å². The number of ether oxygens (including phenoxy) is 2. The number of hydrogen-bond acceptors (Lipinski definition) is 6. The molecule has 7 heteroatoms. The van der Waals surface area contributed by atoms with Crippen molar-refractivity contribution in [2.75, 3.05) is 25.7 Å². The lowest BCUT2D eigenvalue weighted by Gasteiger charge is -2.55. The number of methoxy groups -OCH3 is 1. The zero-order valence-electron chi connectivity index (χ0n) is 14.5. The Bertz CT molecular complexity index is 684. The van der Waals surface area contributed by atoms with Crippen LogP contribution in [0, 0.1) is 5.41 Å². The SMILES string of the molecule is CCOC1CC(N(C)c2cc(COC)nc3ncnn23)C1(C)C. The van der Waals surface area contributed by atoms with Crippen LogP contribution in [-0.4, -0.2) is 52.5 Å². The number of rotatable bonds is 6. The molecule has 2 aromatic rings. The third kappa shape index (κ3) is 2.68. The van der Waals surface area contributed by atoms with E-state index in [2.05, 4.69) is 40.9 Å². The molecule has 0 aliphatic heterocycles. The molecule has 0 spiro atoms. The van der Waals surface area contributed by atoms with Crippen LogP contribution in [0.5, 0.6) is 0 Å². The molecule has 3 rings (SSSR count). The monoisotopic (exact) mass is 319 g/mol. The first-order valence-electron chi connectivity index (χ1n) is 8.02. The highest BCUT2D eigenvalue weighted by atomic mass is 16.5. The van der Waals surface area contributed by atoms with Gasteiger partial charge in [0, 0.05) is 38.3 Å². The molecular formula is C16H25N5O2. The fourth-order valence-electron chi connectivity index (χ4n) is 3.48. The molecule has 0 radical (unpaired) electrons. The molecule has 2 unspecified atom stereocenters. The average Bonchev–Trinajstić information content (AvgIpc) is 2.98. The molecule has 0 bridgehead atoms. The van der Waals surface area contributed by atoms with Gasteiger partial charge in [0.05, 0.1) is 18.4 Å². The molecule has 2 heterocycles. The van der Waals surface area contributed by atoms with E-state index in [0.29, 0.717) is 24.5 Å². The molecule has 1 aliphatic rings. The molecule has 1 aliphatic carbocycles. The van der Waals surface area contributed by atoms with Crippen LogP contribution in [0.2, 0.25) is 0 Å². The summed E-state index contributed by atoms with van der Waals surface area (Å²) in [5.41, 5.74) is 0.941. The molecule has 2 atom stereocenters. The van der Waals surface area contributed by atoms with Gasteiger partial charge in [0.25, 0.3) is 5.78 Å². The number of hydrogen-bond donors (Lipinski definition) is 0. The van der Waals surface area contributed by atoms with Crippen LogP contribution in [0.25, 0.3) is 5.78 Å². The lowest BCUT2D eigenvalue weighted by Crippen LogP contribution is -2.61. The molecule has 0 aromatic carbocycles. The van der Waals surface area contributed by atoms with Gasteiger partial charge >= 0.3 is 0 Å². The predicted molar refractivity (Wildman–Crippen MR) is 87.5 cm³/mol. The lowest BCUT2D eigenvalue weighted by atomic mass is 9.64. The molecule has 1 fully saturated rings. The molecular weight excluding hydrogens is 294 g/mol. The minimum Gasteiger partial charge on any atom is -0.378 e. The summed E-state index contributed by atoms with van der Waals surface area (Å²) in [7, 11) is 3.77. The van der Waals surface area contributed by atoms with Crippen molar-refractivity contribution < 1.29 is 9.47 Å². The minimum absolute atomic E-state index is 0.0857. The highest BCUT2D eigenvalue weighted by Gasteiger charge is 2.51. The second kappa shape index (κ2) is 6.05. The Hall–Kier alpha value is -1.73. The van der Waals surface area contributed by atoms with Crippen LogP contribution in [0.4, 0.5) is 5.82 Å². The van der Waals surface area contributed by atoms with E-state index in [4.69, 9.17) is 9.47 Å². The summed E-state index contributed by atoms with van der Waals surface area (Å²) in [5.74, 6) is 1.58. The van der Waals surface area contributed by atoms with Gasteiger partial charge in [0.2, 0.25) is 0 Å². The molecule has 7 nitrogen and oxygen atoms in total. The summed E-state index contributed by atoms with van der Waals surface area (Å²) in [6, 6.07) is 2.40. The van der Waals surface area contributed by atoms with Gasteiger partial charge in [-0.3, -0.25) is 0 Å². The van der Waals surface area contributed by atoms with Gasteiger partial charge in [0.1, 0.15) is 12.1 Å². The van der Waals surface area contributed by atoms with Crippen LogP contribution >= 0.6 is 0 Å². The van der Waals surface area contributed by atoms with Crippen molar-refractivity contribution in [3.63, 3.8) is 0 Å². The van der Waals surface area contributed by atoms with E-state index in [0.717, 1.165) is 24.5 Å². The summed E-state index contributed by atoms with van der Waals surface area (Å²) in [4.78, 5) is 10.9. The third-order valence-corrected chi connectivity index (χ3v) is 4.90. The van der Waals surface area contributed by atoms with Crippen molar-refractivity contribution in [2.24, 2.45) is 5.41 Å². The fourth-order valence-corrected chi connectivity index (χ4v) is 3.48. The second-order valence-corrected chi connectivity index (χ2v) is 6.64. The van der Waals surface area contributed by atoms with Gasteiger partial charge in [-0.15, -0.1) is 0 Å². The fraction of sp³-hybridized carbons (Fsp3) is 0.688. The largest absolute Gasteiger partial charge is 0.378 e. The van der Waals surface area contributed by atoms with Gasteiger partial charge in [-0.2, -0.15) is 14.6 Å². The topological polar surface area (TPSA) is 64.8 Å². The summed E-state index contributed by atoms with van der Waals surface area (Å²) in [5, 5.41) is 4.31. The first-order chi connectivity index (χ1) is 11.0. The van der Waals surface area contributed by atoms with E-state index in [1.807, 2.05) is 13.0 Å². The third-order valence-electron chi connectivity index (χ3n) is 4.90. The molecule has 23 heavy (non-hydrogen) atoms. The summed E-state index contributed by atoms with van der Waals surface area (Å²) in [6.45, 7) is 7.78. The van der Waals surface area contributed by atoms with Crippen molar-refractivity contribution in [3.8, 4) is 0 Å². The van der Waals surface area contributed by atoms with Gasteiger partial charge < -0.3 is 14.4 Å². The zero-order chi connectivity index (χ0) is 16.6. The van der Waals surface area contributed by atoms with Crippen molar-refractivity contribution in [1.82, 2.24) is 19.6 Å². The molecule has 0 saturated heterocycles. The molecule has 126 valence electrons. The Labute approximate surface area is 136 Å². The standard InChI is InChI=1S/C16H25N5O2/c1-6-23-13-8-12(16(13,2)3)20(4)14-7-11(9-22-5)19-15-17-10-18-21(14)15/h7,10,12-13H,6,8-9H2,1-5H3. The number of aromatic nitrogens is 4. The first-order valence-corrected chi connectivity index (χ1v) is 8.02. The van der Waals surface area contributed by atoms with Crippen molar-refractivity contribution >= 4 is 11.6 Å². The smallest absolute Gasteiger partial charge is 0.254 e. The molecule has 0 amide bonds. The van der Waals surface area contributed by atoms with Gasteiger partial charge in [-0.1, -0.05) is 13.8 Å². The van der Waals surface area contributed by atoms with Crippen LogP contribution in [0.15, 0.2) is 12.4 Å². The van der Waals surface area contributed by atoms with Crippen molar-refractivity contribution in [2.45, 2.75) is 45.9 Å². The Morgan fingerprint density at radius 3 is 2.87 bits per heavy atom. The number of anilines is 1. The van der Waals surface area contributed by atoms with Crippen molar-refractivity contribution in [1.29, 1.82) is 0 Å². The summed E-state index contributed by atoms with van der Waals surface area (Å²) < 4.78 is 12.9. The Balaban J connectivity index is 1.92. The van der Waals surface area contributed by atoms with E-state index in [1.54, 1.807) is 11.6 Å². The van der Waals surface area contributed by atoms with Gasteiger partial charge in [0.15, 0.2) is 0 Å². The van der Waals surface area contributed by atoms with Crippen LogP contribution in [0.3, 0.4) is 0 Å². The normalized spacial score (nSPS) is 23.0. The molecule has 2 aromatic heterocycles. The Morgan fingerprint density at radius 2 is 2.22 bits per heavy atom. The van der Waals surface area contributed by atoms with Crippen LogP contribution in [0.1, 0.15) is 32.9 Å². The van der Waals surface area contributed by atoms with E-state index in [1.165, 1.54) is 6.33 Å². The van der Waals surface area contributed by atoms with Crippen LogP contribution < -0.4 is 4.90 Å². The maximum absolute atomic E-state index is 5.85. The average molecular weight is 319 g/mol. The first kappa shape index (κ1) is 16.1. The van der Waals surface area contributed by atoms with Gasteiger partial charge in [-0.25, -0.2) is 4.98 Å². The zero-order valence-corrected chi connectivity index (χ0v) is 14.5. The number of fused-ring (bicyclic) bond motifs is 1. The van der Waals surface area contributed by atoms with E-state index >= 15 is 0 Å². The second-order valence-electron chi connectivity index (χ2n) is 6.64. The van der Waals surface area contributed by atoms with E-state index < -0.39 is 0 Å². The summed E-state index contributed by atoms with van der Waals surface area (Å²) >= 11 is 0. The number of nitrogens with zero attached hydrogens (tertiary/aromatic N) is 5. The highest BCUT2D eigenvalue weighted by Crippen LogP contribution is 2.46. The molecule has 1 saturated carbocycles. The van der Waals surface area contributed by atoms with E-state index in [9.17, 15) is 0 Å². The van der Waals surface area contributed by atoms with Crippen LogP contribution in [-0.2, 0) is 16.1 Å². The Kier molecular flexibility index (Phi) is 4.25. The minimum atomic E-state index is 0.0857. The van der Waals surface area contributed by atoms with Crippen molar-refractivity contribution in [3.05, 3.63) is 18.1 Å². The quantitative estimate of drug-likeness (QED) is 0.810. The predicted octanol–water partition coefficient (Wildman–Crippen LogP) is 1.91. The lowest BCUT2D eigenvalue weighted by molar-refractivity contribution is -0.104. The Morgan fingerprint density at radius 1 is 1.43 bits per heavy atom.